The lowest BCUT2D eigenvalue weighted by Crippen LogP contribution is -2.11. The fourth-order valence-electron chi connectivity index (χ4n) is 1.77. The van der Waals surface area contributed by atoms with Gasteiger partial charge in [-0.25, -0.2) is 9.59 Å². The third kappa shape index (κ3) is 3.77. The van der Waals surface area contributed by atoms with E-state index in [1.165, 1.54) is 18.2 Å². The predicted molar refractivity (Wildman–Crippen MR) is 81.0 cm³/mol. The van der Waals surface area contributed by atoms with Gasteiger partial charge in [-0.2, -0.15) is 0 Å². The van der Waals surface area contributed by atoms with Gasteiger partial charge < -0.3 is 14.6 Å². The van der Waals surface area contributed by atoms with Gasteiger partial charge in [0.2, 0.25) is 0 Å². The van der Waals surface area contributed by atoms with Gasteiger partial charge in [0.1, 0.15) is 17.1 Å². The lowest BCUT2D eigenvalue weighted by Gasteiger charge is -2.08. The first-order valence-electron chi connectivity index (χ1n) is 6.49. The fourth-order valence-corrected chi connectivity index (χ4v) is 1.94. The number of benzene rings is 2. The van der Waals surface area contributed by atoms with Crippen LogP contribution in [0.2, 0.25) is 5.02 Å². The van der Waals surface area contributed by atoms with Crippen LogP contribution >= 0.6 is 11.6 Å². The molecule has 0 aliphatic rings. The summed E-state index contributed by atoms with van der Waals surface area (Å²) in [5.41, 5.74) is 0.113. The molecule has 0 unspecified atom stereocenters. The number of hydrogen-bond donors (Lipinski definition) is 1. The second-order valence-electron chi connectivity index (χ2n) is 4.29. The Bertz CT molecular complexity index is 694. The Kier molecular flexibility index (Phi) is 5.01. The Morgan fingerprint density at radius 2 is 1.82 bits per heavy atom. The van der Waals surface area contributed by atoms with E-state index >= 15 is 0 Å². The standard InChI is InChI=1S/C16H13ClO5/c1-2-21-12-6-3-10(4-7-12)16(20)22-14-8-5-11(17)9-13(14)15(18)19/h3-9H,2H2,1H3,(H,18,19). The van der Waals surface area contributed by atoms with Crippen molar-refractivity contribution in [3.05, 3.63) is 58.6 Å². The first-order valence-corrected chi connectivity index (χ1v) is 6.87. The molecule has 114 valence electrons. The number of carboxylic acid groups (broad SMARTS) is 1. The van der Waals surface area contributed by atoms with Gasteiger partial charge in [0, 0.05) is 5.02 Å². The van der Waals surface area contributed by atoms with Gasteiger partial charge in [-0.05, 0) is 49.4 Å². The Balaban J connectivity index is 2.20. The van der Waals surface area contributed by atoms with Crippen molar-refractivity contribution < 1.29 is 24.2 Å². The Labute approximate surface area is 132 Å². The fraction of sp³-hybridized carbons (Fsp3) is 0.125. The van der Waals surface area contributed by atoms with E-state index in [1.54, 1.807) is 24.3 Å². The molecular formula is C16H13ClO5. The van der Waals surface area contributed by atoms with Crippen LogP contribution in [0.3, 0.4) is 0 Å². The van der Waals surface area contributed by atoms with Gasteiger partial charge in [0.05, 0.1) is 12.2 Å². The number of esters is 1. The molecule has 1 N–H and O–H groups in total. The minimum Gasteiger partial charge on any atom is -0.494 e. The lowest BCUT2D eigenvalue weighted by molar-refractivity contribution is 0.0681. The highest BCUT2D eigenvalue weighted by molar-refractivity contribution is 6.31. The Hall–Kier alpha value is -2.53. The normalized spacial score (nSPS) is 10.1. The quantitative estimate of drug-likeness (QED) is 0.672. The molecule has 0 heterocycles. The molecule has 0 fully saturated rings. The molecule has 0 aliphatic heterocycles. The van der Waals surface area contributed by atoms with Crippen LogP contribution in [-0.4, -0.2) is 23.7 Å². The van der Waals surface area contributed by atoms with E-state index in [0.717, 1.165) is 0 Å². The zero-order chi connectivity index (χ0) is 16.1. The highest BCUT2D eigenvalue weighted by Crippen LogP contribution is 2.24. The molecule has 22 heavy (non-hydrogen) atoms. The van der Waals surface area contributed by atoms with Crippen molar-refractivity contribution in [3.8, 4) is 11.5 Å². The predicted octanol–water partition coefficient (Wildman–Crippen LogP) is 3.66. The SMILES string of the molecule is CCOc1ccc(C(=O)Oc2ccc(Cl)cc2C(=O)O)cc1. The second kappa shape index (κ2) is 6.95. The summed E-state index contributed by atoms with van der Waals surface area (Å²) in [5.74, 6) is -1.31. The molecule has 6 heteroatoms. The molecule has 5 nitrogen and oxygen atoms in total. The summed E-state index contributed by atoms with van der Waals surface area (Å²) in [6, 6.07) is 10.4. The summed E-state index contributed by atoms with van der Waals surface area (Å²) in [6.07, 6.45) is 0. The number of carbonyl (C=O) groups excluding carboxylic acids is 1. The van der Waals surface area contributed by atoms with Crippen LogP contribution in [0.4, 0.5) is 0 Å². The Morgan fingerprint density at radius 1 is 1.14 bits per heavy atom. The third-order valence-corrected chi connectivity index (χ3v) is 3.01. The third-order valence-electron chi connectivity index (χ3n) is 2.78. The van der Waals surface area contributed by atoms with Crippen LogP contribution in [0.1, 0.15) is 27.6 Å². The van der Waals surface area contributed by atoms with Crippen molar-refractivity contribution in [1.82, 2.24) is 0 Å². The largest absolute Gasteiger partial charge is 0.494 e. The van der Waals surface area contributed by atoms with Crippen molar-refractivity contribution in [2.75, 3.05) is 6.61 Å². The maximum Gasteiger partial charge on any atom is 0.343 e. The van der Waals surface area contributed by atoms with E-state index in [1.807, 2.05) is 6.92 Å². The molecule has 2 aromatic carbocycles. The van der Waals surface area contributed by atoms with Crippen molar-refractivity contribution in [2.45, 2.75) is 6.92 Å². The summed E-state index contributed by atoms with van der Waals surface area (Å²) >= 11 is 5.74. The van der Waals surface area contributed by atoms with E-state index in [9.17, 15) is 9.59 Å². The summed E-state index contributed by atoms with van der Waals surface area (Å²) in [4.78, 5) is 23.2. The van der Waals surface area contributed by atoms with Gasteiger partial charge in [0.15, 0.2) is 0 Å². The van der Waals surface area contributed by atoms with Crippen LogP contribution in [0.5, 0.6) is 11.5 Å². The van der Waals surface area contributed by atoms with E-state index in [2.05, 4.69) is 0 Å². The number of hydrogen-bond acceptors (Lipinski definition) is 4. The van der Waals surface area contributed by atoms with Gasteiger partial charge in [0.25, 0.3) is 0 Å². The van der Waals surface area contributed by atoms with E-state index in [4.69, 9.17) is 26.2 Å². The maximum atomic E-state index is 12.1. The summed E-state index contributed by atoms with van der Waals surface area (Å²) in [7, 11) is 0. The highest BCUT2D eigenvalue weighted by atomic mass is 35.5. The van der Waals surface area contributed by atoms with Crippen molar-refractivity contribution in [2.24, 2.45) is 0 Å². The molecule has 0 aliphatic carbocycles. The molecule has 0 aromatic heterocycles. The van der Waals surface area contributed by atoms with Crippen LogP contribution < -0.4 is 9.47 Å². The molecule has 0 bridgehead atoms. The number of carbonyl (C=O) groups is 2. The zero-order valence-corrected chi connectivity index (χ0v) is 12.5. The van der Waals surface area contributed by atoms with Crippen molar-refractivity contribution in [1.29, 1.82) is 0 Å². The topological polar surface area (TPSA) is 72.8 Å². The van der Waals surface area contributed by atoms with Crippen LogP contribution in [0.25, 0.3) is 0 Å². The van der Waals surface area contributed by atoms with Gasteiger partial charge in [-0.3, -0.25) is 0 Å². The van der Waals surface area contributed by atoms with E-state index < -0.39 is 11.9 Å². The van der Waals surface area contributed by atoms with Crippen molar-refractivity contribution >= 4 is 23.5 Å². The van der Waals surface area contributed by atoms with Crippen LogP contribution in [-0.2, 0) is 0 Å². The average molecular weight is 321 g/mol. The monoisotopic (exact) mass is 320 g/mol. The van der Waals surface area contributed by atoms with Gasteiger partial charge >= 0.3 is 11.9 Å². The summed E-state index contributed by atoms with van der Waals surface area (Å²) in [5, 5.41) is 9.35. The first-order chi connectivity index (χ1) is 10.5. The number of carboxylic acids is 1. The molecule has 0 atom stereocenters. The molecule has 0 saturated carbocycles. The average Bonchev–Trinajstić information content (AvgIpc) is 2.50. The molecule has 0 amide bonds. The van der Waals surface area contributed by atoms with E-state index in [-0.39, 0.29) is 21.9 Å². The molecule has 2 aromatic rings. The number of aromatic carboxylic acids is 1. The minimum absolute atomic E-state index is 0.0595. The molecule has 0 radical (unpaired) electrons. The maximum absolute atomic E-state index is 12.1. The van der Waals surface area contributed by atoms with Crippen LogP contribution in [0, 0.1) is 0 Å². The molecule has 0 saturated heterocycles. The van der Waals surface area contributed by atoms with Gasteiger partial charge in [-0.15, -0.1) is 0 Å². The molecule has 2 rings (SSSR count). The summed E-state index contributed by atoms with van der Waals surface area (Å²) < 4.78 is 10.4. The highest BCUT2D eigenvalue weighted by Gasteiger charge is 2.16. The minimum atomic E-state index is -1.23. The second-order valence-corrected chi connectivity index (χ2v) is 4.73. The Morgan fingerprint density at radius 3 is 2.41 bits per heavy atom. The molecular weight excluding hydrogens is 308 g/mol. The smallest absolute Gasteiger partial charge is 0.343 e. The van der Waals surface area contributed by atoms with E-state index in [0.29, 0.717) is 12.4 Å². The first kappa shape index (κ1) is 15.9. The zero-order valence-electron chi connectivity index (χ0n) is 11.7. The lowest BCUT2D eigenvalue weighted by atomic mass is 10.2. The number of halogens is 1. The molecule has 0 spiro atoms. The number of rotatable bonds is 5. The van der Waals surface area contributed by atoms with Crippen molar-refractivity contribution in [3.63, 3.8) is 0 Å². The number of ether oxygens (including phenoxy) is 2. The van der Waals surface area contributed by atoms with Crippen LogP contribution in [0.15, 0.2) is 42.5 Å². The van der Waals surface area contributed by atoms with Gasteiger partial charge in [-0.1, -0.05) is 11.6 Å². The summed E-state index contributed by atoms with van der Waals surface area (Å²) in [6.45, 7) is 2.38.